The van der Waals surface area contributed by atoms with Crippen molar-refractivity contribution in [2.24, 2.45) is 5.41 Å². The Morgan fingerprint density at radius 2 is 1.74 bits per heavy atom. The second-order valence-corrected chi connectivity index (χ2v) is 8.61. The fourth-order valence-corrected chi connectivity index (χ4v) is 3.54. The van der Waals surface area contributed by atoms with Gasteiger partial charge in [-0.05, 0) is 29.7 Å². The van der Waals surface area contributed by atoms with Crippen LogP contribution in [-0.2, 0) is 4.79 Å². The number of hydrogen-bond donors (Lipinski definition) is 1. The standard InChI is InChI=1S/C22H25N3OS/c1-22(2,3)14-20(26)23-17-12-10-16(11-13-17)19-15-27-21(24-19)25(4)18-8-6-5-7-9-18/h5-13,15H,14H2,1-4H3,(H,23,26). The molecular formula is C22H25N3OS. The van der Waals surface area contributed by atoms with E-state index in [1.165, 1.54) is 0 Å². The van der Waals surface area contributed by atoms with Crippen LogP contribution >= 0.6 is 11.3 Å². The minimum atomic E-state index is -0.0220. The fraction of sp³-hybridized carbons (Fsp3) is 0.273. The lowest BCUT2D eigenvalue weighted by Gasteiger charge is -2.17. The van der Waals surface area contributed by atoms with E-state index in [0.717, 1.165) is 27.8 Å². The van der Waals surface area contributed by atoms with Crippen molar-refractivity contribution < 1.29 is 4.79 Å². The lowest BCUT2D eigenvalue weighted by Crippen LogP contribution is -2.19. The second-order valence-electron chi connectivity index (χ2n) is 7.77. The molecule has 0 saturated heterocycles. The van der Waals surface area contributed by atoms with Gasteiger partial charge in [0.2, 0.25) is 5.91 Å². The van der Waals surface area contributed by atoms with Crippen molar-refractivity contribution in [1.82, 2.24) is 4.98 Å². The molecule has 0 radical (unpaired) electrons. The Labute approximate surface area is 164 Å². The maximum atomic E-state index is 12.1. The number of para-hydroxylation sites is 1. The molecule has 2 aromatic carbocycles. The molecule has 0 spiro atoms. The fourth-order valence-electron chi connectivity index (χ4n) is 2.72. The summed E-state index contributed by atoms with van der Waals surface area (Å²) in [5.41, 5.74) is 3.87. The van der Waals surface area contributed by atoms with Crippen LogP contribution in [0.4, 0.5) is 16.5 Å². The number of rotatable bonds is 5. The first kappa shape index (κ1) is 19.1. The normalized spacial score (nSPS) is 11.3. The molecule has 1 N–H and O–H groups in total. The first-order valence-electron chi connectivity index (χ1n) is 8.96. The molecule has 5 heteroatoms. The first-order valence-corrected chi connectivity index (χ1v) is 9.84. The van der Waals surface area contributed by atoms with Crippen LogP contribution < -0.4 is 10.2 Å². The molecule has 1 aromatic heterocycles. The Hall–Kier alpha value is -2.66. The van der Waals surface area contributed by atoms with E-state index in [0.29, 0.717) is 6.42 Å². The molecule has 0 atom stereocenters. The number of hydrogen-bond acceptors (Lipinski definition) is 4. The minimum absolute atomic E-state index is 0.0220. The second kappa shape index (κ2) is 7.92. The number of aromatic nitrogens is 1. The van der Waals surface area contributed by atoms with E-state index in [1.54, 1.807) is 11.3 Å². The van der Waals surface area contributed by atoms with Gasteiger partial charge in [0.25, 0.3) is 0 Å². The highest BCUT2D eigenvalue weighted by molar-refractivity contribution is 7.14. The maximum Gasteiger partial charge on any atom is 0.224 e. The zero-order valence-corrected chi connectivity index (χ0v) is 17.0. The maximum absolute atomic E-state index is 12.1. The number of nitrogens with one attached hydrogen (secondary N) is 1. The third kappa shape index (κ3) is 5.17. The molecule has 0 bridgehead atoms. The summed E-state index contributed by atoms with van der Waals surface area (Å²) in [6.45, 7) is 6.17. The summed E-state index contributed by atoms with van der Waals surface area (Å²) in [6, 6.07) is 18.0. The van der Waals surface area contributed by atoms with Gasteiger partial charge in [-0.2, -0.15) is 0 Å². The SMILES string of the molecule is CN(c1ccccc1)c1nc(-c2ccc(NC(=O)CC(C)(C)C)cc2)cs1. The van der Waals surface area contributed by atoms with E-state index in [-0.39, 0.29) is 11.3 Å². The van der Waals surface area contributed by atoms with E-state index < -0.39 is 0 Å². The van der Waals surface area contributed by atoms with Crippen molar-refractivity contribution in [2.75, 3.05) is 17.3 Å². The van der Waals surface area contributed by atoms with Crippen LogP contribution in [0, 0.1) is 5.41 Å². The molecule has 140 valence electrons. The lowest BCUT2D eigenvalue weighted by molar-refractivity contribution is -0.117. The number of nitrogens with zero attached hydrogens (tertiary/aromatic N) is 2. The quantitative estimate of drug-likeness (QED) is 0.595. The summed E-state index contributed by atoms with van der Waals surface area (Å²) in [5.74, 6) is 0.0377. The van der Waals surface area contributed by atoms with Crippen LogP contribution in [0.1, 0.15) is 27.2 Å². The molecule has 0 aliphatic carbocycles. The van der Waals surface area contributed by atoms with Crippen molar-refractivity contribution in [3.63, 3.8) is 0 Å². The highest BCUT2D eigenvalue weighted by Gasteiger charge is 2.16. The summed E-state index contributed by atoms with van der Waals surface area (Å²) < 4.78 is 0. The van der Waals surface area contributed by atoms with Gasteiger partial charge in [0.05, 0.1) is 5.69 Å². The lowest BCUT2D eigenvalue weighted by atomic mass is 9.92. The summed E-state index contributed by atoms with van der Waals surface area (Å²) in [6.07, 6.45) is 0.496. The van der Waals surface area contributed by atoms with Gasteiger partial charge >= 0.3 is 0 Å². The van der Waals surface area contributed by atoms with E-state index in [9.17, 15) is 4.79 Å². The molecular weight excluding hydrogens is 354 g/mol. The van der Waals surface area contributed by atoms with Crippen LogP contribution in [0.25, 0.3) is 11.3 Å². The average Bonchev–Trinajstić information content (AvgIpc) is 3.11. The van der Waals surface area contributed by atoms with Gasteiger partial charge in [0.1, 0.15) is 0 Å². The Morgan fingerprint density at radius 3 is 2.37 bits per heavy atom. The molecule has 1 heterocycles. The Kier molecular flexibility index (Phi) is 5.61. The Morgan fingerprint density at radius 1 is 1.07 bits per heavy atom. The van der Waals surface area contributed by atoms with Crippen LogP contribution in [0.5, 0.6) is 0 Å². The number of thiazole rings is 1. The summed E-state index contributed by atoms with van der Waals surface area (Å²) in [7, 11) is 2.02. The first-order chi connectivity index (χ1) is 12.8. The van der Waals surface area contributed by atoms with Gasteiger partial charge in [-0.3, -0.25) is 4.79 Å². The largest absolute Gasteiger partial charge is 0.326 e. The van der Waals surface area contributed by atoms with Crippen molar-refractivity contribution >= 4 is 33.8 Å². The molecule has 0 aliphatic heterocycles. The van der Waals surface area contributed by atoms with E-state index in [4.69, 9.17) is 4.98 Å². The van der Waals surface area contributed by atoms with E-state index >= 15 is 0 Å². The summed E-state index contributed by atoms with van der Waals surface area (Å²) >= 11 is 1.61. The van der Waals surface area contributed by atoms with Gasteiger partial charge in [-0.1, -0.05) is 51.1 Å². The average molecular weight is 380 g/mol. The topological polar surface area (TPSA) is 45.2 Å². The van der Waals surface area contributed by atoms with Gasteiger partial charge in [-0.15, -0.1) is 11.3 Å². The zero-order chi connectivity index (χ0) is 19.4. The Bertz CT molecular complexity index is 895. The number of amides is 1. The highest BCUT2D eigenvalue weighted by Crippen LogP contribution is 2.31. The van der Waals surface area contributed by atoms with Gasteiger partial charge in [0.15, 0.2) is 5.13 Å². The van der Waals surface area contributed by atoms with Crippen LogP contribution in [0.3, 0.4) is 0 Å². The predicted octanol–water partition coefficient (Wildman–Crippen LogP) is 5.95. The molecule has 1 amide bonds. The smallest absolute Gasteiger partial charge is 0.224 e. The van der Waals surface area contributed by atoms with Crippen molar-refractivity contribution in [2.45, 2.75) is 27.2 Å². The van der Waals surface area contributed by atoms with E-state index in [2.05, 4.69) is 48.5 Å². The molecule has 3 aromatic rings. The van der Waals surface area contributed by atoms with Crippen LogP contribution in [0.2, 0.25) is 0 Å². The molecule has 0 fully saturated rings. The zero-order valence-electron chi connectivity index (χ0n) is 16.2. The van der Waals surface area contributed by atoms with Gasteiger partial charge < -0.3 is 10.2 Å². The van der Waals surface area contributed by atoms with Crippen LogP contribution in [0.15, 0.2) is 60.0 Å². The summed E-state index contributed by atoms with van der Waals surface area (Å²) in [5, 5.41) is 5.96. The molecule has 3 rings (SSSR count). The number of anilines is 3. The van der Waals surface area contributed by atoms with Crippen molar-refractivity contribution in [3.8, 4) is 11.3 Å². The third-order valence-electron chi connectivity index (χ3n) is 4.08. The van der Waals surface area contributed by atoms with Gasteiger partial charge in [-0.25, -0.2) is 4.98 Å². The molecule has 27 heavy (non-hydrogen) atoms. The highest BCUT2D eigenvalue weighted by atomic mass is 32.1. The molecule has 0 unspecified atom stereocenters. The molecule has 0 saturated carbocycles. The van der Waals surface area contributed by atoms with E-state index in [1.807, 2.05) is 49.5 Å². The number of benzene rings is 2. The number of carbonyl (C=O) groups excluding carboxylic acids is 1. The monoisotopic (exact) mass is 379 g/mol. The molecule has 0 aliphatic rings. The minimum Gasteiger partial charge on any atom is -0.326 e. The van der Waals surface area contributed by atoms with Gasteiger partial charge in [0, 0.05) is 35.8 Å². The molecule has 4 nitrogen and oxygen atoms in total. The predicted molar refractivity (Wildman–Crippen MR) is 115 cm³/mol. The summed E-state index contributed by atoms with van der Waals surface area (Å²) in [4.78, 5) is 18.9. The third-order valence-corrected chi connectivity index (χ3v) is 4.99. The van der Waals surface area contributed by atoms with Crippen LogP contribution in [-0.4, -0.2) is 17.9 Å². The van der Waals surface area contributed by atoms with Crippen molar-refractivity contribution in [3.05, 3.63) is 60.0 Å². The van der Waals surface area contributed by atoms with Crippen molar-refractivity contribution in [1.29, 1.82) is 0 Å². The number of carbonyl (C=O) groups is 1. The Balaban J connectivity index is 1.69.